The molecule has 4 bridgehead atoms. The van der Waals surface area contributed by atoms with E-state index in [1.54, 1.807) is 0 Å². The fraction of sp³-hybridized carbons (Fsp3) is 0.467. The molecular formula is C15H12O7. The van der Waals surface area contributed by atoms with E-state index in [-0.39, 0.29) is 17.6 Å². The van der Waals surface area contributed by atoms with Gasteiger partial charge in [-0.05, 0) is 18.4 Å². The molecule has 4 rings (SSSR count). The zero-order valence-electron chi connectivity index (χ0n) is 11.5. The first-order valence-electron chi connectivity index (χ1n) is 7.07. The molecule has 0 saturated carbocycles. The molecule has 0 aromatic carbocycles. The number of rotatable bonds is 2. The Morgan fingerprint density at radius 3 is 2.82 bits per heavy atom. The highest BCUT2D eigenvalue weighted by Gasteiger charge is 2.62. The normalized spacial score (nSPS) is 35.6. The standard InChI is InChI=1S/C15H12O7/c16-9(17)5-15-4-7-10(13(19)22-12(7)18)6-2-1-3-8(15)11(6)21-14(15)20/h3,6,11H,1-2,4-5H2,(H,16,17)/t6-,11?,15+/m1/s1. The lowest BCUT2D eigenvalue weighted by Crippen LogP contribution is -2.33. The van der Waals surface area contributed by atoms with Crippen molar-refractivity contribution in [3.63, 3.8) is 0 Å². The third kappa shape index (κ3) is 1.45. The van der Waals surface area contributed by atoms with Crippen LogP contribution in [-0.2, 0) is 28.7 Å². The Kier molecular flexibility index (Phi) is 2.44. The molecule has 1 saturated heterocycles. The summed E-state index contributed by atoms with van der Waals surface area (Å²) in [5.74, 6) is -3.66. The van der Waals surface area contributed by atoms with E-state index in [1.807, 2.05) is 6.08 Å². The molecular weight excluding hydrogens is 292 g/mol. The Bertz CT molecular complexity index is 713. The van der Waals surface area contributed by atoms with Crippen molar-refractivity contribution in [2.45, 2.75) is 31.8 Å². The van der Waals surface area contributed by atoms with Gasteiger partial charge >= 0.3 is 23.9 Å². The summed E-state index contributed by atoms with van der Waals surface area (Å²) < 4.78 is 10.1. The molecule has 7 nitrogen and oxygen atoms in total. The number of carboxylic acids is 1. The topological polar surface area (TPSA) is 107 Å². The Morgan fingerprint density at radius 1 is 1.32 bits per heavy atom. The van der Waals surface area contributed by atoms with Crippen molar-refractivity contribution in [1.82, 2.24) is 0 Å². The lowest BCUT2D eigenvalue weighted by molar-refractivity contribution is -0.154. The molecule has 7 heteroatoms. The van der Waals surface area contributed by atoms with Crippen LogP contribution in [0.3, 0.4) is 0 Å². The van der Waals surface area contributed by atoms with Crippen LogP contribution in [0.2, 0.25) is 0 Å². The number of aliphatic carboxylic acids is 1. The number of carboxylic acid groups (broad SMARTS) is 1. The van der Waals surface area contributed by atoms with Gasteiger partial charge in [-0.3, -0.25) is 9.59 Å². The Hall–Kier alpha value is -2.44. The third-order valence-corrected chi connectivity index (χ3v) is 4.97. The quantitative estimate of drug-likeness (QED) is 0.449. The molecule has 0 amide bonds. The first-order chi connectivity index (χ1) is 10.4. The monoisotopic (exact) mass is 304 g/mol. The van der Waals surface area contributed by atoms with Crippen LogP contribution in [0.4, 0.5) is 0 Å². The number of hydrogen-bond acceptors (Lipinski definition) is 6. The van der Waals surface area contributed by atoms with E-state index < -0.39 is 47.7 Å². The molecule has 2 heterocycles. The van der Waals surface area contributed by atoms with E-state index in [2.05, 4.69) is 4.74 Å². The summed E-state index contributed by atoms with van der Waals surface area (Å²) in [6.45, 7) is 0. The number of carbonyl (C=O) groups is 4. The number of cyclic esters (lactones) is 2. The fourth-order valence-corrected chi connectivity index (χ4v) is 4.11. The van der Waals surface area contributed by atoms with Gasteiger partial charge in [0.25, 0.3) is 0 Å². The zero-order valence-corrected chi connectivity index (χ0v) is 11.5. The van der Waals surface area contributed by atoms with Gasteiger partial charge in [0.05, 0.1) is 17.6 Å². The van der Waals surface area contributed by atoms with Gasteiger partial charge in [-0.2, -0.15) is 0 Å². The SMILES string of the molecule is O=C(O)C[C@@]12CC3=C(C(=O)OC3=O)[C@H]3CCC=C1C3OC2=O. The number of hydrogen-bond donors (Lipinski definition) is 1. The van der Waals surface area contributed by atoms with Crippen LogP contribution in [0.25, 0.3) is 0 Å². The van der Waals surface area contributed by atoms with E-state index in [0.29, 0.717) is 18.4 Å². The second-order valence-electron chi connectivity index (χ2n) is 6.07. The zero-order chi connectivity index (χ0) is 15.6. The van der Waals surface area contributed by atoms with Crippen molar-refractivity contribution in [3.8, 4) is 0 Å². The van der Waals surface area contributed by atoms with Gasteiger partial charge < -0.3 is 14.6 Å². The van der Waals surface area contributed by atoms with E-state index in [0.717, 1.165) is 0 Å². The summed E-state index contributed by atoms with van der Waals surface area (Å²) in [6, 6.07) is 0. The number of esters is 3. The lowest BCUT2D eigenvalue weighted by atomic mass is 9.71. The molecule has 1 fully saturated rings. The van der Waals surface area contributed by atoms with E-state index in [1.165, 1.54) is 0 Å². The Balaban J connectivity index is 1.95. The maximum Gasteiger partial charge on any atom is 0.342 e. The van der Waals surface area contributed by atoms with Gasteiger partial charge in [0.1, 0.15) is 11.5 Å². The van der Waals surface area contributed by atoms with Crippen molar-refractivity contribution in [2.24, 2.45) is 11.3 Å². The molecule has 2 aliphatic heterocycles. The second-order valence-corrected chi connectivity index (χ2v) is 6.07. The molecule has 3 atom stereocenters. The van der Waals surface area contributed by atoms with Crippen LogP contribution >= 0.6 is 0 Å². The molecule has 114 valence electrons. The minimum atomic E-state index is -1.39. The predicted molar refractivity (Wildman–Crippen MR) is 68.1 cm³/mol. The van der Waals surface area contributed by atoms with Gasteiger partial charge in [0.2, 0.25) is 0 Å². The number of fused-ring (bicyclic) bond motifs is 1. The Labute approximate surface area is 124 Å². The molecule has 0 spiro atoms. The smallest absolute Gasteiger partial charge is 0.342 e. The first-order valence-corrected chi connectivity index (χ1v) is 7.07. The van der Waals surface area contributed by atoms with Crippen LogP contribution in [0.15, 0.2) is 22.8 Å². The molecule has 0 aromatic heterocycles. The van der Waals surface area contributed by atoms with Crippen LogP contribution in [0, 0.1) is 11.3 Å². The van der Waals surface area contributed by atoms with E-state index in [4.69, 9.17) is 4.74 Å². The van der Waals surface area contributed by atoms with Gasteiger partial charge in [-0.15, -0.1) is 0 Å². The lowest BCUT2D eigenvalue weighted by Gasteiger charge is -2.28. The van der Waals surface area contributed by atoms with Crippen molar-refractivity contribution in [3.05, 3.63) is 22.8 Å². The average Bonchev–Trinajstić information content (AvgIpc) is 2.83. The maximum atomic E-state index is 12.4. The molecule has 1 N–H and O–H groups in total. The molecule has 0 aromatic rings. The van der Waals surface area contributed by atoms with Gasteiger partial charge in [-0.1, -0.05) is 6.08 Å². The molecule has 4 aliphatic rings. The van der Waals surface area contributed by atoms with E-state index in [9.17, 15) is 24.3 Å². The maximum absolute atomic E-state index is 12.4. The predicted octanol–water partition coefficient (Wildman–Crippen LogP) is 0.493. The summed E-state index contributed by atoms with van der Waals surface area (Å²) in [7, 11) is 0. The summed E-state index contributed by atoms with van der Waals surface area (Å²) in [6.07, 6.45) is 1.73. The highest BCUT2D eigenvalue weighted by molar-refractivity contribution is 6.14. The van der Waals surface area contributed by atoms with Crippen LogP contribution in [0.1, 0.15) is 25.7 Å². The number of carbonyl (C=O) groups excluding carboxylic acids is 3. The van der Waals surface area contributed by atoms with Gasteiger partial charge in [-0.25, -0.2) is 9.59 Å². The summed E-state index contributed by atoms with van der Waals surface area (Å²) in [5.41, 5.74) is -0.384. The summed E-state index contributed by atoms with van der Waals surface area (Å²) in [5, 5.41) is 9.21. The van der Waals surface area contributed by atoms with Crippen molar-refractivity contribution < 1.29 is 33.8 Å². The molecule has 2 aliphatic carbocycles. The summed E-state index contributed by atoms with van der Waals surface area (Å²) >= 11 is 0. The number of ether oxygens (including phenoxy) is 2. The Morgan fingerprint density at radius 2 is 2.09 bits per heavy atom. The summed E-state index contributed by atoms with van der Waals surface area (Å²) in [4.78, 5) is 47.6. The largest absolute Gasteiger partial charge is 0.481 e. The average molecular weight is 304 g/mol. The van der Waals surface area contributed by atoms with Crippen LogP contribution in [0.5, 0.6) is 0 Å². The minimum Gasteiger partial charge on any atom is -0.481 e. The molecule has 22 heavy (non-hydrogen) atoms. The van der Waals surface area contributed by atoms with Crippen molar-refractivity contribution in [2.75, 3.05) is 0 Å². The molecule has 1 unspecified atom stereocenters. The van der Waals surface area contributed by atoms with Crippen molar-refractivity contribution >= 4 is 23.9 Å². The number of allylic oxidation sites excluding steroid dienone is 1. The van der Waals surface area contributed by atoms with Gasteiger partial charge in [0, 0.05) is 12.3 Å². The van der Waals surface area contributed by atoms with Crippen LogP contribution < -0.4 is 0 Å². The third-order valence-electron chi connectivity index (χ3n) is 4.97. The second kappa shape index (κ2) is 4.06. The first kappa shape index (κ1) is 13.2. The highest BCUT2D eigenvalue weighted by Crippen LogP contribution is 2.57. The minimum absolute atomic E-state index is 0.142. The van der Waals surface area contributed by atoms with Gasteiger partial charge in [0.15, 0.2) is 0 Å². The van der Waals surface area contributed by atoms with E-state index >= 15 is 0 Å². The van der Waals surface area contributed by atoms with Crippen LogP contribution in [-0.4, -0.2) is 35.1 Å². The van der Waals surface area contributed by atoms with Crippen molar-refractivity contribution in [1.29, 1.82) is 0 Å². The fourth-order valence-electron chi connectivity index (χ4n) is 4.11. The highest BCUT2D eigenvalue weighted by atomic mass is 16.6. The molecule has 0 radical (unpaired) electrons.